The van der Waals surface area contributed by atoms with Crippen molar-refractivity contribution in [3.8, 4) is 22.8 Å². The molecular formula is C19H18N6. The Balaban J connectivity index is 1.73. The smallest absolute Gasteiger partial charge is 0.156 e. The van der Waals surface area contributed by atoms with Crippen LogP contribution in [0.1, 0.15) is 11.4 Å². The SMILES string of the molecule is Cc1cnc(-c2c(-c3ccccc3)ncn2CCc2cnccn2)[nH]1. The first-order chi connectivity index (χ1) is 12.3. The van der Waals surface area contributed by atoms with Gasteiger partial charge in [0.1, 0.15) is 5.69 Å². The highest BCUT2D eigenvalue weighted by Gasteiger charge is 2.17. The molecule has 6 nitrogen and oxygen atoms in total. The summed E-state index contributed by atoms with van der Waals surface area (Å²) in [5.41, 5.74) is 4.97. The minimum atomic E-state index is 0.758. The molecule has 1 aromatic carbocycles. The summed E-state index contributed by atoms with van der Waals surface area (Å²) in [4.78, 5) is 21.0. The van der Waals surface area contributed by atoms with Gasteiger partial charge in [-0.15, -0.1) is 0 Å². The quantitative estimate of drug-likeness (QED) is 0.609. The number of aromatic amines is 1. The van der Waals surface area contributed by atoms with E-state index in [9.17, 15) is 0 Å². The highest BCUT2D eigenvalue weighted by Crippen LogP contribution is 2.29. The Bertz CT molecular complexity index is 956. The van der Waals surface area contributed by atoms with Gasteiger partial charge >= 0.3 is 0 Å². The van der Waals surface area contributed by atoms with E-state index in [-0.39, 0.29) is 0 Å². The fraction of sp³-hybridized carbons (Fsp3) is 0.158. The maximum atomic E-state index is 4.65. The lowest BCUT2D eigenvalue weighted by Gasteiger charge is -2.08. The zero-order valence-electron chi connectivity index (χ0n) is 13.9. The summed E-state index contributed by atoms with van der Waals surface area (Å²) in [6.45, 7) is 2.76. The summed E-state index contributed by atoms with van der Waals surface area (Å²) in [5, 5.41) is 0. The molecule has 0 aliphatic carbocycles. The molecule has 0 saturated heterocycles. The van der Waals surface area contributed by atoms with E-state index in [4.69, 9.17) is 0 Å². The number of hydrogen-bond donors (Lipinski definition) is 1. The van der Waals surface area contributed by atoms with Gasteiger partial charge in [-0.2, -0.15) is 0 Å². The Labute approximate surface area is 145 Å². The van der Waals surface area contributed by atoms with Crippen LogP contribution in [0, 0.1) is 6.92 Å². The summed E-state index contributed by atoms with van der Waals surface area (Å²) in [5.74, 6) is 0.827. The van der Waals surface area contributed by atoms with Crippen LogP contribution in [0.4, 0.5) is 0 Å². The van der Waals surface area contributed by atoms with Crippen molar-refractivity contribution in [1.29, 1.82) is 0 Å². The number of nitrogens with one attached hydrogen (secondary N) is 1. The third-order valence-electron chi connectivity index (χ3n) is 4.04. The van der Waals surface area contributed by atoms with Crippen LogP contribution >= 0.6 is 0 Å². The van der Waals surface area contributed by atoms with Crippen LogP contribution < -0.4 is 0 Å². The minimum absolute atomic E-state index is 0.758. The average molecular weight is 330 g/mol. The lowest BCUT2D eigenvalue weighted by molar-refractivity contribution is 0.686. The van der Waals surface area contributed by atoms with Crippen LogP contribution in [0.5, 0.6) is 0 Å². The third-order valence-corrected chi connectivity index (χ3v) is 4.04. The van der Waals surface area contributed by atoms with E-state index in [1.165, 1.54) is 0 Å². The van der Waals surface area contributed by atoms with Crippen molar-refractivity contribution < 1.29 is 0 Å². The van der Waals surface area contributed by atoms with Gasteiger partial charge in [0, 0.05) is 49.0 Å². The Hall–Kier alpha value is -3.28. The first kappa shape index (κ1) is 15.3. The maximum absolute atomic E-state index is 4.65. The number of aromatic nitrogens is 6. The van der Waals surface area contributed by atoms with Gasteiger partial charge in [-0.3, -0.25) is 9.97 Å². The van der Waals surface area contributed by atoms with E-state index in [0.717, 1.165) is 47.1 Å². The third kappa shape index (κ3) is 3.19. The van der Waals surface area contributed by atoms with Crippen molar-refractivity contribution in [2.75, 3.05) is 0 Å². The first-order valence-corrected chi connectivity index (χ1v) is 8.18. The largest absolute Gasteiger partial charge is 0.341 e. The Morgan fingerprint density at radius 1 is 1.00 bits per heavy atom. The molecule has 3 heterocycles. The Morgan fingerprint density at radius 2 is 1.88 bits per heavy atom. The topological polar surface area (TPSA) is 72.3 Å². The van der Waals surface area contributed by atoms with Crippen molar-refractivity contribution in [2.24, 2.45) is 0 Å². The van der Waals surface area contributed by atoms with E-state index in [2.05, 4.69) is 41.6 Å². The number of benzene rings is 1. The molecule has 1 N–H and O–H groups in total. The van der Waals surface area contributed by atoms with Gasteiger partial charge in [0.05, 0.1) is 17.7 Å². The number of imidazole rings is 2. The Morgan fingerprint density at radius 3 is 2.60 bits per heavy atom. The van der Waals surface area contributed by atoms with Gasteiger partial charge in [0.15, 0.2) is 5.82 Å². The number of nitrogens with zero attached hydrogens (tertiary/aromatic N) is 5. The molecule has 4 rings (SSSR count). The van der Waals surface area contributed by atoms with Crippen LogP contribution in [-0.4, -0.2) is 29.5 Å². The fourth-order valence-corrected chi connectivity index (χ4v) is 2.83. The standard InChI is InChI=1S/C19H18N6/c1-14-11-22-19(24-14)18-17(15-5-3-2-4-6-15)23-13-25(18)10-7-16-12-20-8-9-21-16/h2-6,8-9,11-13H,7,10H2,1H3,(H,22,24). The second-order valence-electron chi connectivity index (χ2n) is 5.86. The molecule has 0 amide bonds. The second-order valence-corrected chi connectivity index (χ2v) is 5.86. The van der Waals surface area contributed by atoms with Crippen molar-refractivity contribution in [1.82, 2.24) is 29.5 Å². The van der Waals surface area contributed by atoms with Crippen LogP contribution in [0.2, 0.25) is 0 Å². The van der Waals surface area contributed by atoms with Gasteiger partial charge in [-0.05, 0) is 6.92 Å². The molecule has 0 bridgehead atoms. The average Bonchev–Trinajstić information content (AvgIpc) is 3.27. The van der Waals surface area contributed by atoms with Crippen molar-refractivity contribution >= 4 is 0 Å². The molecule has 6 heteroatoms. The number of H-pyrrole nitrogens is 1. The molecule has 0 aliphatic rings. The zero-order valence-corrected chi connectivity index (χ0v) is 13.9. The molecule has 0 spiro atoms. The highest BCUT2D eigenvalue weighted by molar-refractivity contribution is 5.75. The van der Waals surface area contributed by atoms with Crippen LogP contribution in [0.25, 0.3) is 22.8 Å². The molecule has 0 radical (unpaired) electrons. The van der Waals surface area contributed by atoms with E-state index < -0.39 is 0 Å². The second kappa shape index (κ2) is 6.68. The van der Waals surface area contributed by atoms with Gasteiger partial charge in [-0.25, -0.2) is 9.97 Å². The van der Waals surface area contributed by atoms with Crippen LogP contribution in [-0.2, 0) is 13.0 Å². The molecule has 0 atom stereocenters. The van der Waals surface area contributed by atoms with Crippen molar-refractivity contribution in [3.63, 3.8) is 0 Å². The fourth-order valence-electron chi connectivity index (χ4n) is 2.83. The maximum Gasteiger partial charge on any atom is 0.156 e. The number of aryl methyl sites for hydroxylation is 3. The van der Waals surface area contributed by atoms with E-state index in [1.807, 2.05) is 37.6 Å². The molecule has 0 saturated carbocycles. The lowest BCUT2D eigenvalue weighted by atomic mass is 10.1. The van der Waals surface area contributed by atoms with Gasteiger partial charge in [0.25, 0.3) is 0 Å². The zero-order chi connectivity index (χ0) is 17.1. The van der Waals surface area contributed by atoms with E-state index in [1.54, 1.807) is 18.6 Å². The number of hydrogen-bond acceptors (Lipinski definition) is 4. The van der Waals surface area contributed by atoms with Crippen LogP contribution in [0.3, 0.4) is 0 Å². The molecule has 0 fully saturated rings. The predicted molar refractivity (Wildman–Crippen MR) is 95.7 cm³/mol. The van der Waals surface area contributed by atoms with Crippen molar-refractivity contribution in [2.45, 2.75) is 19.9 Å². The molecule has 0 aliphatic heterocycles. The van der Waals surface area contributed by atoms with E-state index >= 15 is 0 Å². The minimum Gasteiger partial charge on any atom is -0.341 e. The van der Waals surface area contributed by atoms with Gasteiger partial charge in [0.2, 0.25) is 0 Å². The number of rotatable bonds is 5. The molecule has 3 aromatic heterocycles. The molecule has 0 unspecified atom stereocenters. The molecule has 4 aromatic rings. The van der Waals surface area contributed by atoms with E-state index in [0.29, 0.717) is 0 Å². The molecule has 25 heavy (non-hydrogen) atoms. The summed E-state index contributed by atoms with van der Waals surface area (Å²) < 4.78 is 2.12. The summed E-state index contributed by atoms with van der Waals surface area (Å²) in [6, 6.07) is 10.2. The van der Waals surface area contributed by atoms with Crippen LogP contribution in [0.15, 0.2) is 61.4 Å². The summed E-state index contributed by atoms with van der Waals surface area (Å²) in [7, 11) is 0. The first-order valence-electron chi connectivity index (χ1n) is 8.18. The Kier molecular flexibility index (Phi) is 4.08. The summed E-state index contributed by atoms with van der Waals surface area (Å²) in [6.07, 6.45) is 9.69. The van der Waals surface area contributed by atoms with Crippen molar-refractivity contribution in [3.05, 3.63) is 72.8 Å². The normalized spacial score (nSPS) is 10.9. The lowest BCUT2D eigenvalue weighted by Crippen LogP contribution is -2.04. The highest BCUT2D eigenvalue weighted by atomic mass is 15.1. The predicted octanol–water partition coefficient (Wildman–Crippen LogP) is 3.28. The molecular weight excluding hydrogens is 312 g/mol. The monoisotopic (exact) mass is 330 g/mol. The molecule has 124 valence electrons. The van der Waals surface area contributed by atoms with Gasteiger partial charge < -0.3 is 9.55 Å². The summed E-state index contributed by atoms with van der Waals surface area (Å²) >= 11 is 0. The van der Waals surface area contributed by atoms with Gasteiger partial charge in [-0.1, -0.05) is 30.3 Å².